The van der Waals surface area contributed by atoms with E-state index in [1.54, 1.807) is 13.3 Å². The van der Waals surface area contributed by atoms with Crippen LogP contribution < -0.4 is 10.5 Å². The molecule has 112 valence electrons. The molecular weight excluding hydrogens is 264 g/mol. The van der Waals surface area contributed by atoms with Crippen LogP contribution in [0.25, 0.3) is 0 Å². The van der Waals surface area contributed by atoms with Crippen LogP contribution in [0, 0.1) is 0 Å². The summed E-state index contributed by atoms with van der Waals surface area (Å²) in [5, 5.41) is 0. The molecule has 0 aliphatic carbocycles. The smallest absolute Gasteiger partial charge is 0.124 e. The molecule has 2 atom stereocenters. The molecule has 0 amide bonds. The van der Waals surface area contributed by atoms with Crippen LogP contribution in [0.3, 0.4) is 0 Å². The van der Waals surface area contributed by atoms with Gasteiger partial charge in [0.2, 0.25) is 0 Å². The van der Waals surface area contributed by atoms with Crippen LogP contribution in [-0.4, -0.2) is 24.7 Å². The molecule has 1 heterocycles. The first kappa shape index (κ1) is 15.5. The predicted octanol–water partition coefficient (Wildman–Crippen LogP) is 2.74. The van der Waals surface area contributed by atoms with Gasteiger partial charge in [0.15, 0.2) is 0 Å². The van der Waals surface area contributed by atoms with E-state index in [1.165, 1.54) is 0 Å². The molecule has 21 heavy (non-hydrogen) atoms. The Morgan fingerprint density at radius 3 is 2.57 bits per heavy atom. The van der Waals surface area contributed by atoms with Gasteiger partial charge in [0.25, 0.3) is 0 Å². The molecule has 0 radical (unpaired) electrons. The lowest BCUT2D eigenvalue weighted by Gasteiger charge is -2.23. The maximum Gasteiger partial charge on any atom is 0.124 e. The standard InChI is InChI=1S/C17H22N2O2/c1-13(18)17(15-8-3-4-9-16(15)20-2)21-12-10-14-7-5-6-11-19-14/h3-9,11,13,17H,10,12,18H2,1-2H3. The van der Waals surface area contributed by atoms with Crippen molar-refractivity contribution in [1.82, 2.24) is 4.98 Å². The van der Waals surface area contributed by atoms with E-state index in [9.17, 15) is 0 Å². The molecule has 1 aromatic heterocycles. The van der Waals surface area contributed by atoms with Gasteiger partial charge < -0.3 is 15.2 Å². The quantitative estimate of drug-likeness (QED) is 0.850. The fourth-order valence-corrected chi connectivity index (χ4v) is 2.26. The van der Waals surface area contributed by atoms with Crippen LogP contribution in [0.2, 0.25) is 0 Å². The van der Waals surface area contributed by atoms with Gasteiger partial charge in [-0.3, -0.25) is 4.98 Å². The Labute approximate surface area is 125 Å². The van der Waals surface area contributed by atoms with E-state index in [0.717, 1.165) is 23.4 Å². The van der Waals surface area contributed by atoms with Gasteiger partial charge in [-0.1, -0.05) is 24.3 Å². The summed E-state index contributed by atoms with van der Waals surface area (Å²) in [6.45, 7) is 2.51. The number of hydrogen-bond donors (Lipinski definition) is 1. The lowest BCUT2D eigenvalue weighted by Crippen LogP contribution is -2.28. The molecule has 2 rings (SSSR count). The molecule has 2 N–H and O–H groups in total. The number of nitrogens with two attached hydrogens (primary N) is 1. The zero-order valence-electron chi connectivity index (χ0n) is 12.5. The summed E-state index contributed by atoms with van der Waals surface area (Å²) >= 11 is 0. The summed E-state index contributed by atoms with van der Waals surface area (Å²) in [7, 11) is 1.66. The Balaban J connectivity index is 2.02. The highest BCUT2D eigenvalue weighted by Crippen LogP contribution is 2.29. The predicted molar refractivity (Wildman–Crippen MR) is 83.3 cm³/mol. The minimum atomic E-state index is -0.190. The van der Waals surface area contributed by atoms with Crippen molar-refractivity contribution in [1.29, 1.82) is 0 Å². The summed E-state index contributed by atoms with van der Waals surface area (Å²) in [5.41, 5.74) is 8.07. The van der Waals surface area contributed by atoms with Crippen molar-refractivity contribution in [3.05, 3.63) is 59.9 Å². The number of rotatable bonds is 7. The van der Waals surface area contributed by atoms with Crippen molar-refractivity contribution in [3.63, 3.8) is 0 Å². The van der Waals surface area contributed by atoms with E-state index < -0.39 is 0 Å². The molecule has 4 heteroatoms. The van der Waals surface area contributed by atoms with Crippen LogP contribution in [0.5, 0.6) is 5.75 Å². The second-order valence-electron chi connectivity index (χ2n) is 4.96. The Bertz CT molecular complexity index is 543. The summed E-state index contributed by atoms with van der Waals surface area (Å²) in [4.78, 5) is 4.29. The van der Waals surface area contributed by atoms with Gasteiger partial charge in [-0.25, -0.2) is 0 Å². The van der Waals surface area contributed by atoms with Crippen molar-refractivity contribution >= 4 is 0 Å². The normalized spacial score (nSPS) is 13.7. The number of methoxy groups -OCH3 is 1. The van der Waals surface area contributed by atoms with Crippen molar-refractivity contribution in [2.45, 2.75) is 25.5 Å². The second kappa shape index (κ2) is 7.76. The van der Waals surface area contributed by atoms with Gasteiger partial charge in [-0.2, -0.15) is 0 Å². The molecule has 0 saturated carbocycles. The first-order chi connectivity index (χ1) is 10.2. The SMILES string of the molecule is COc1ccccc1C(OCCc1ccccn1)C(C)N. The second-order valence-corrected chi connectivity index (χ2v) is 4.96. The monoisotopic (exact) mass is 286 g/mol. The molecule has 2 aromatic rings. The molecule has 0 aliphatic rings. The van der Waals surface area contributed by atoms with Crippen LogP contribution in [0.1, 0.15) is 24.3 Å². The number of ether oxygens (including phenoxy) is 2. The third kappa shape index (κ3) is 4.28. The van der Waals surface area contributed by atoms with Crippen molar-refractivity contribution in [2.24, 2.45) is 5.73 Å². The average Bonchev–Trinajstić information content (AvgIpc) is 2.52. The zero-order chi connectivity index (χ0) is 15.1. The topological polar surface area (TPSA) is 57.4 Å². The van der Waals surface area contributed by atoms with E-state index in [2.05, 4.69) is 4.98 Å². The van der Waals surface area contributed by atoms with E-state index in [4.69, 9.17) is 15.2 Å². The first-order valence-corrected chi connectivity index (χ1v) is 7.12. The summed E-state index contributed by atoms with van der Waals surface area (Å²) < 4.78 is 11.4. The van der Waals surface area contributed by atoms with Gasteiger partial charge in [0.1, 0.15) is 11.9 Å². The number of aromatic nitrogens is 1. The van der Waals surface area contributed by atoms with Crippen LogP contribution >= 0.6 is 0 Å². The molecule has 0 bridgehead atoms. The number of nitrogens with zero attached hydrogens (tertiary/aromatic N) is 1. The Morgan fingerprint density at radius 2 is 1.90 bits per heavy atom. The number of benzene rings is 1. The zero-order valence-corrected chi connectivity index (χ0v) is 12.5. The van der Waals surface area contributed by atoms with Gasteiger partial charge in [0.05, 0.1) is 13.7 Å². The van der Waals surface area contributed by atoms with Crippen LogP contribution in [-0.2, 0) is 11.2 Å². The lowest BCUT2D eigenvalue weighted by atomic mass is 10.0. The summed E-state index contributed by atoms with van der Waals surface area (Å²) in [6.07, 6.45) is 2.36. The minimum absolute atomic E-state index is 0.120. The van der Waals surface area contributed by atoms with Gasteiger partial charge in [-0.05, 0) is 25.1 Å². The molecule has 0 fully saturated rings. The molecule has 2 unspecified atom stereocenters. The Kier molecular flexibility index (Phi) is 5.72. The summed E-state index contributed by atoms with van der Waals surface area (Å²) in [6, 6.07) is 13.6. The average molecular weight is 286 g/mol. The molecular formula is C17H22N2O2. The molecule has 0 spiro atoms. The first-order valence-electron chi connectivity index (χ1n) is 7.12. The number of hydrogen-bond acceptors (Lipinski definition) is 4. The highest BCUT2D eigenvalue weighted by Gasteiger charge is 2.20. The molecule has 0 aliphatic heterocycles. The number of pyridine rings is 1. The van der Waals surface area contributed by atoms with Gasteiger partial charge in [-0.15, -0.1) is 0 Å². The fourth-order valence-electron chi connectivity index (χ4n) is 2.26. The van der Waals surface area contributed by atoms with Crippen LogP contribution in [0.4, 0.5) is 0 Å². The van der Waals surface area contributed by atoms with E-state index in [-0.39, 0.29) is 12.1 Å². The van der Waals surface area contributed by atoms with Gasteiger partial charge >= 0.3 is 0 Å². The minimum Gasteiger partial charge on any atom is -0.496 e. The Hall–Kier alpha value is -1.91. The van der Waals surface area contributed by atoms with Crippen molar-refractivity contribution in [3.8, 4) is 5.75 Å². The number of para-hydroxylation sites is 1. The van der Waals surface area contributed by atoms with E-state index >= 15 is 0 Å². The third-order valence-corrected chi connectivity index (χ3v) is 3.30. The van der Waals surface area contributed by atoms with Crippen LogP contribution in [0.15, 0.2) is 48.7 Å². The largest absolute Gasteiger partial charge is 0.496 e. The highest BCUT2D eigenvalue weighted by atomic mass is 16.5. The Morgan fingerprint density at radius 1 is 1.14 bits per heavy atom. The lowest BCUT2D eigenvalue weighted by molar-refractivity contribution is 0.0384. The maximum absolute atomic E-state index is 6.08. The van der Waals surface area contributed by atoms with Crippen molar-refractivity contribution < 1.29 is 9.47 Å². The molecule has 4 nitrogen and oxygen atoms in total. The third-order valence-electron chi connectivity index (χ3n) is 3.30. The highest BCUT2D eigenvalue weighted by molar-refractivity contribution is 5.35. The summed E-state index contributed by atoms with van der Waals surface area (Å²) in [5.74, 6) is 0.803. The van der Waals surface area contributed by atoms with Gasteiger partial charge in [0, 0.05) is 29.9 Å². The fraction of sp³-hybridized carbons (Fsp3) is 0.353. The van der Waals surface area contributed by atoms with E-state index in [0.29, 0.717) is 6.61 Å². The molecule has 0 saturated heterocycles. The molecule has 1 aromatic carbocycles. The maximum atomic E-state index is 6.08. The van der Waals surface area contributed by atoms with E-state index in [1.807, 2.05) is 49.4 Å². The van der Waals surface area contributed by atoms with Crippen molar-refractivity contribution in [2.75, 3.05) is 13.7 Å².